The largest absolute Gasteiger partial charge is 0.481 e. The fourth-order valence-electron chi connectivity index (χ4n) is 0.973. The Kier molecular flexibility index (Phi) is 3.33. The molecular formula is C11H18N2O. The Morgan fingerprint density at radius 2 is 2.07 bits per heavy atom. The number of methoxy groups -OCH3 is 1. The van der Waals surface area contributed by atoms with Crippen LogP contribution in [0.4, 0.5) is 5.69 Å². The van der Waals surface area contributed by atoms with Crippen LogP contribution in [0.1, 0.15) is 20.8 Å². The third kappa shape index (κ3) is 3.64. The molecule has 0 aliphatic heterocycles. The summed E-state index contributed by atoms with van der Waals surface area (Å²) >= 11 is 0. The molecule has 3 nitrogen and oxygen atoms in total. The second kappa shape index (κ2) is 4.31. The molecule has 0 unspecified atom stereocenters. The van der Waals surface area contributed by atoms with Gasteiger partial charge in [-0.3, -0.25) is 0 Å². The number of nitrogens with one attached hydrogen (secondary N) is 1. The first-order chi connectivity index (χ1) is 6.51. The van der Waals surface area contributed by atoms with Gasteiger partial charge in [0.25, 0.3) is 0 Å². The number of ether oxygens (including phenoxy) is 1. The Bertz CT molecular complexity index is 274. The van der Waals surface area contributed by atoms with Crippen LogP contribution in [0.5, 0.6) is 5.88 Å². The maximum Gasteiger partial charge on any atom is 0.213 e. The molecule has 14 heavy (non-hydrogen) atoms. The molecule has 0 saturated carbocycles. The number of hydrogen-bond acceptors (Lipinski definition) is 3. The molecule has 0 radical (unpaired) electrons. The van der Waals surface area contributed by atoms with E-state index < -0.39 is 0 Å². The summed E-state index contributed by atoms with van der Waals surface area (Å²) in [6.07, 6.45) is 1.78. The molecule has 0 spiro atoms. The summed E-state index contributed by atoms with van der Waals surface area (Å²) in [4.78, 5) is 4.11. The van der Waals surface area contributed by atoms with E-state index in [1.807, 2.05) is 12.1 Å². The van der Waals surface area contributed by atoms with E-state index in [0.29, 0.717) is 5.88 Å². The molecule has 1 aromatic heterocycles. The van der Waals surface area contributed by atoms with Gasteiger partial charge in [-0.15, -0.1) is 0 Å². The minimum absolute atomic E-state index is 0.278. The molecule has 0 aromatic carbocycles. The summed E-state index contributed by atoms with van der Waals surface area (Å²) in [6.45, 7) is 7.51. The molecule has 1 N–H and O–H groups in total. The van der Waals surface area contributed by atoms with Crippen LogP contribution >= 0.6 is 0 Å². The lowest BCUT2D eigenvalue weighted by atomic mass is 9.97. The Morgan fingerprint density at radius 1 is 1.36 bits per heavy atom. The van der Waals surface area contributed by atoms with E-state index in [-0.39, 0.29) is 5.41 Å². The molecule has 0 atom stereocenters. The van der Waals surface area contributed by atoms with E-state index in [2.05, 4.69) is 31.1 Å². The van der Waals surface area contributed by atoms with Crippen molar-refractivity contribution in [2.45, 2.75) is 20.8 Å². The highest BCUT2D eigenvalue weighted by Crippen LogP contribution is 2.16. The molecule has 1 aromatic rings. The number of pyridine rings is 1. The summed E-state index contributed by atoms with van der Waals surface area (Å²) < 4.78 is 4.98. The quantitative estimate of drug-likeness (QED) is 0.803. The van der Waals surface area contributed by atoms with Gasteiger partial charge in [-0.2, -0.15) is 0 Å². The zero-order valence-electron chi connectivity index (χ0n) is 9.29. The maximum absolute atomic E-state index is 4.98. The van der Waals surface area contributed by atoms with Gasteiger partial charge in [0, 0.05) is 12.6 Å². The van der Waals surface area contributed by atoms with Gasteiger partial charge in [0.05, 0.1) is 19.0 Å². The number of hydrogen-bond donors (Lipinski definition) is 1. The van der Waals surface area contributed by atoms with Crippen molar-refractivity contribution in [1.82, 2.24) is 4.98 Å². The van der Waals surface area contributed by atoms with Gasteiger partial charge >= 0.3 is 0 Å². The zero-order chi connectivity index (χ0) is 10.6. The molecule has 0 fully saturated rings. The second-order valence-corrected chi connectivity index (χ2v) is 4.50. The topological polar surface area (TPSA) is 34.1 Å². The van der Waals surface area contributed by atoms with Crippen molar-refractivity contribution < 1.29 is 4.74 Å². The van der Waals surface area contributed by atoms with Gasteiger partial charge in [-0.25, -0.2) is 4.98 Å². The van der Waals surface area contributed by atoms with Crippen LogP contribution in [0, 0.1) is 5.41 Å². The van der Waals surface area contributed by atoms with Gasteiger partial charge in [0.1, 0.15) is 0 Å². The summed E-state index contributed by atoms with van der Waals surface area (Å²) in [5, 5.41) is 3.32. The van der Waals surface area contributed by atoms with Crippen molar-refractivity contribution in [3.05, 3.63) is 18.3 Å². The van der Waals surface area contributed by atoms with Gasteiger partial charge in [0.15, 0.2) is 0 Å². The molecule has 0 amide bonds. The predicted octanol–water partition coefficient (Wildman–Crippen LogP) is 2.55. The summed E-state index contributed by atoms with van der Waals surface area (Å²) in [5.74, 6) is 0.645. The predicted molar refractivity (Wildman–Crippen MR) is 58.7 cm³/mol. The van der Waals surface area contributed by atoms with Crippen molar-refractivity contribution >= 4 is 5.69 Å². The lowest BCUT2D eigenvalue weighted by Crippen LogP contribution is -2.18. The molecule has 1 heterocycles. The van der Waals surface area contributed by atoms with Crippen molar-refractivity contribution in [2.24, 2.45) is 5.41 Å². The van der Waals surface area contributed by atoms with Crippen molar-refractivity contribution in [1.29, 1.82) is 0 Å². The highest BCUT2D eigenvalue weighted by Gasteiger charge is 2.09. The number of anilines is 1. The van der Waals surface area contributed by atoms with Crippen molar-refractivity contribution in [2.75, 3.05) is 19.0 Å². The molecular weight excluding hydrogens is 176 g/mol. The zero-order valence-corrected chi connectivity index (χ0v) is 9.29. The van der Waals surface area contributed by atoms with Crippen LogP contribution < -0.4 is 10.1 Å². The minimum atomic E-state index is 0.278. The van der Waals surface area contributed by atoms with E-state index in [0.717, 1.165) is 12.2 Å². The molecule has 0 aliphatic carbocycles. The van der Waals surface area contributed by atoms with E-state index in [1.54, 1.807) is 13.3 Å². The Hall–Kier alpha value is -1.25. The third-order valence-electron chi connectivity index (χ3n) is 1.77. The average Bonchev–Trinajstić information content (AvgIpc) is 2.14. The molecule has 0 saturated heterocycles. The van der Waals surface area contributed by atoms with E-state index in [1.165, 1.54) is 0 Å². The fourth-order valence-corrected chi connectivity index (χ4v) is 0.973. The second-order valence-electron chi connectivity index (χ2n) is 4.50. The monoisotopic (exact) mass is 194 g/mol. The minimum Gasteiger partial charge on any atom is -0.481 e. The summed E-state index contributed by atoms with van der Waals surface area (Å²) in [7, 11) is 1.62. The van der Waals surface area contributed by atoms with E-state index >= 15 is 0 Å². The summed E-state index contributed by atoms with van der Waals surface area (Å²) in [6, 6.07) is 3.82. The van der Waals surface area contributed by atoms with Gasteiger partial charge < -0.3 is 10.1 Å². The van der Waals surface area contributed by atoms with Gasteiger partial charge in [0.2, 0.25) is 5.88 Å². The first-order valence-corrected chi connectivity index (χ1v) is 4.75. The summed E-state index contributed by atoms with van der Waals surface area (Å²) in [5.41, 5.74) is 1.31. The number of nitrogens with zero attached hydrogens (tertiary/aromatic N) is 1. The lowest BCUT2D eigenvalue weighted by Gasteiger charge is -2.19. The van der Waals surface area contributed by atoms with Crippen molar-refractivity contribution in [3.8, 4) is 5.88 Å². The molecule has 3 heteroatoms. The smallest absolute Gasteiger partial charge is 0.213 e. The van der Waals surface area contributed by atoms with E-state index in [4.69, 9.17) is 4.74 Å². The fraction of sp³-hybridized carbons (Fsp3) is 0.545. The Balaban J connectivity index is 2.52. The standard InChI is InChI=1S/C11H18N2O/c1-11(2,3)8-13-9-5-6-10(14-4)12-7-9/h5-7,13H,8H2,1-4H3. The van der Waals surface area contributed by atoms with Crippen LogP contribution in [0.2, 0.25) is 0 Å². The Morgan fingerprint density at radius 3 is 2.50 bits per heavy atom. The van der Waals surface area contributed by atoms with Crippen LogP contribution in [0.3, 0.4) is 0 Å². The molecule has 78 valence electrons. The van der Waals surface area contributed by atoms with Gasteiger partial charge in [-0.1, -0.05) is 20.8 Å². The number of rotatable bonds is 3. The first kappa shape index (κ1) is 10.8. The third-order valence-corrected chi connectivity index (χ3v) is 1.77. The Labute approximate surface area is 85.5 Å². The molecule has 1 rings (SSSR count). The lowest BCUT2D eigenvalue weighted by molar-refractivity contribution is 0.398. The van der Waals surface area contributed by atoms with Crippen molar-refractivity contribution in [3.63, 3.8) is 0 Å². The van der Waals surface area contributed by atoms with Crippen LogP contribution in [-0.2, 0) is 0 Å². The van der Waals surface area contributed by atoms with E-state index in [9.17, 15) is 0 Å². The highest BCUT2D eigenvalue weighted by molar-refractivity contribution is 5.42. The average molecular weight is 194 g/mol. The normalized spacial score (nSPS) is 11.1. The highest BCUT2D eigenvalue weighted by atomic mass is 16.5. The maximum atomic E-state index is 4.98. The molecule has 0 bridgehead atoms. The first-order valence-electron chi connectivity index (χ1n) is 4.75. The molecule has 0 aliphatic rings. The van der Waals surface area contributed by atoms with Crippen LogP contribution in [0.15, 0.2) is 18.3 Å². The van der Waals surface area contributed by atoms with Crippen LogP contribution in [-0.4, -0.2) is 18.6 Å². The number of aromatic nitrogens is 1. The van der Waals surface area contributed by atoms with Gasteiger partial charge in [-0.05, 0) is 11.5 Å². The SMILES string of the molecule is COc1ccc(NCC(C)(C)C)cn1. The van der Waals surface area contributed by atoms with Crippen LogP contribution in [0.25, 0.3) is 0 Å².